The number of amides is 1. The summed E-state index contributed by atoms with van der Waals surface area (Å²) in [4.78, 5) is 11.7. The summed E-state index contributed by atoms with van der Waals surface area (Å²) in [5.74, 6) is 0.951. The lowest BCUT2D eigenvalue weighted by atomic mass is 10.0. The number of methoxy groups -OCH3 is 3. The van der Waals surface area contributed by atoms with Crippen LogP contribution in [0.1, 0.15) is 24.9 Å². The molecule has 1 aromatic rings. The fraction of sp³-hybridized carbons (Fsp3) is 0.500. The smallest absolute Gasteiger partial charge is 0.239 e. The Kier molecular flexibility index (Phi) is 6.11. The van der Waals surface area contributed by atoms with E-state index in [0.717, 1.165) is 6.42 Å². The highest BCUT2D eigenvalue weighted by atomic mass is 16.5. The molecule has 1 rings (SSSR count). The van der Waals surface area contributed by atoms with Gasteiger partial charge < -0.3 is 25.3 Å². The summed E-state index contributed by atoms with van der Waals surface area (Å²) in [7, 11) is 4.57. The predicted octanol–water partition coefficient (Wildman–Crippen LogP) is 1.24. The van der Waals surface area contributed by atoms with Crippen molar-refractivity contribution in [2.24, 2.45) is 5.73 Å². The molecule has 0 aliphatic carbocycles. The van der Waals surface area contributed by atoms with Crippen molar-refractivity contribution in [3.8, 4) is 17.2 Å². The lowest BCUT2D eigenvalue weighted by Crippen LogP contribution is -2.34. The second kappa shape index (κ2) is 7.59. The Hall–Kier alpha value is -1.95. The van der Waals surface area contributed by atoms with Crippen LogP contribution >= 0.6 is 0 Å². The Labute approximate surface area is 119 Å². The molecule has 1 amide bonds. The van der Waals surface area contributed by atoms with E-state index in [1.807, 2.05) is 6.92 Å². The Balaban J connectivity index is 3.30. The van der Waals surface area contributed by atoms with E-state index in [-0.39, 0.29) is 0 Å². The zero-order valence-electron chi connectivity index (χ0n) is 12.4. The summed E-state index contributed by atoms with van der Waals surface area (Å²) in [5.41, 5.74) is 6.10. The maximum absolute atomic E-state index is 11.7. The molecule has 0 heterocycles. The quantitative estimate of drug-likeness (QED) is 0.749. The van der Waals surface area contributed by atoms with Gasteiger partial charge in [-0.15, -0.1) is 0 Å². The molecule has 1 unspecified atom stereocenters. The molecular formula is C14H22N2O4. The molecule has 0 fully saturated rings. The van der Waals surface area contributed by atoms with Crippen LogP contribution in [0.25, 0.3) is 0 Å². The van der Waals surface area contributed by atoms with E-state index in [2.05, 4.69) is 5.32 Å². The molecule has 0 aromatic heterocycles. The van der Waals surface area contributed by atoms with Crippen LogP contribution in [0.4, 0.5) is 0 Å². The molecule has 0 saturated carbocycles. The number of ether oxygens (including phenoxy) is 3. The first-order chi connectivity index (χ1) is 9.60. The van der Waals surface area contributed by atoms with Gasteiger partial charge in [-0.1, -0.05) is 6.92 Å². The SMILES string of the molecule is CCCNC(C(N)=O)c1ccc(OC)c(OC)c1OC. The van der Waals surface area contributed by atoms with Crippen molar-refractivity contribution in [1.29, 1.82) is 0 Å². The molecule has 0 saturated heterocycles. The first-order valence-corrected chi connectivity index (χ1v) is 6.42. The lowest BCUT2D eigenvalue weighted by Gasteiger charge is -2.21. The Morgan fingerprint density at radius 3 is 2.30 bits per heavy atom. The van der Waals surface area contributed by atoms with Crippen molar-refractivity contribution in [3.63, 3.8) is 0 Å². The van der Waals surface area contributed by atoms with Gasteiger partial charge >= 0.3 is 0 Å². The van der Waals surface area contributed by atoms with Crippen molar-refractivity contribution < 1.29 is 19.0 Å². The molecule has 0 spiro atoms. The number of hydrogen-bond acceptors (Lipinski definition) is 5. The molecule has 20 heavy (non-hydrogen) atoms. The maximum atomic E-state index is 11.7. The molecule has 0 aliphatic rings. The van der Waals surface area contributed by atoms with E-state index in [1.54, 1.807) is 12.1 Å². The Morgan fingerprint density at radius 2 is 1.85 bits per heavy atom. The average molecular weight is 282 g/mol. The number of hydrogen-bond donors (Lipinski definition) is 2. The highest BCUT2D eigenvalue weighted by Crippen LogP contribution is 2.41. The third-order valence-electron chi connectivity index (χ3n) is 2.93. The van der Waals surface area contributed by atoms with E-state index in [4.69, 9.17) is 19.9 Å². The van der Waals surface area contributed by atoms with Crippen LogP contribution in [0.5, 0.6) is 17.2 Å². The second-order valence-corrected chi connectivity index (χ2v) is 4.21. The maximum Gasteiger partial charge on any atom is 0.239 e. The number of benzene rings is 1. The van der Waals surface area contributed by atoms with Crippen molar-refractivity contribution in [2.75, 3.05) is 27.9 Å². The van der Waals surface area contributed by atoms with Gasteiger partial charge in [0.25, 0.3) is 0 Å². The standard InChI is InChI=1S/C14H22N2O4/c1-5-8-16-11(14(15)17)9-6-7-10(18-2)13(20-4)12(9)19-3/h6-7,11,16H,5,8H2,1-4H3,(H2,15,17). The zero-order valence-corrected chi connectivity index (χ0v) is 12.4. The summed E-state index contributed by atoms with van der Waals surface area (Å²) in [6.07, 6.45) is 0.888. The normalized spacial score (nSPS) is 11.8. The number of nitrogens with two attached hydrogens (primary N) is 1. The van der Waals surface area contributed by atoms with Crippen LogP contribution < -0.4 is 25.3 Å². The van der Waals surface area contributed by atoms with Crippen molar-refractivity contribution in [2.45, 2.75) is 19.4 Å². The van der Waals surface area contributed by atoms with E-state index in [0.29, 0.717) is 29.4 Å². The summed E-state index contributed by atoms with van der Waals surface area (Å²) in [5, 5.41) is 3.10. The number of primary amides is 1. The van der Waals surface area contributed by atoms with E-state index >= 15 is 0 Å². The van der Waals surface area contributed by atoms with Crippen LogP contribution in [-0.4, -0.2) is 33.8 Å². The van der Waals surface area contributed by atoms with Crippen molar-refractivity contribution >= 4 is 5.91 Å². The number of carbonyl (C=O) groups is 1. The molecule has 1 aromatic carbocycles. The van der Waals surface area contributed by atoms with Gasteiger partial charge in [0.05, 0.1) is 21.3 Å². The first-order valence-electron chi connectivity index (χ1n) is 6.42. The minimum atomic E-state index is -0.635. The number of nitrogens with one attached hydrogen (secondary N) is 1. The lowest BCUT2D eigenvalue weighted by molar-refractivity contribution is -0.120. The van der Waals surface area contributed by atoms with Gasteiger partial charge in [0.15, 0.2) is 11.5 Å². The molecule has 112 valence electrons. The van der Waals surface area contributed by atoms with Gasteiger partial charge in [-0.05, 0) is 25.1 Å². The number of carbonyl (C=O) groups excluding carboxylic acids is 1. The highest BCUT2D eigenvalue weighted by molar-refractivity contribution is 5.83. The Morgan fingerprint density at radius 1 is 1.20 bits per heavy atom. The third-order valence-corrected chi connectivity index (χ3v) is 2.93. The van der Waals surface area contributed by atoms with Crippen LogP contribution in [-0.2, 0) is 4.79 Å². The summed E-state index contributed by atoms with van der Waals surface area (Å²) >= 11 is 0. The average Bonchev–Trinajstić information content (AvgIpc) is 2.46. The molecule has 6 heteroatoms. The van der Waals surface area contributed by atoms with Gasteiger partial charge in [0, 0.05) is 5.56 Å². The van der Waals surface area contributed by atoms with E-state index < -0.39 is 11.9 Å². The fourth-order valence-corrected chi connectivity index (χ4v) is 2.00. The second-order valence-electron chi connectivity index (χ2n) is 4.21. The predicted molar refractivity (Wildman–Crippen MR) is 76.3 cm³/mol. The van der Waals surface area contributed by atoms with Crippen molar-refractivity contribution in [1.82, 2.24) is 5.32 Å². The van der Waals surface area contributed by atoms with Crippen LogP contribution in [0.3, 0.4) is 0 Å². The third kappa shape index (κ3) is 3.33. The van der Waals surface area contributed by atoms with E-state index in [1.165, 1.54) is 21.3 Å². The molecule has 0 bridgehead atoms. The van der Waals surface area contributed by atoms with Crippen LogP contribution in [0, 0.1) is 0 Å². The van der Waals surface area contributed by atoms with E-state index in [9.17, 15) is 4.79 Å². The van der Waals surface area contributed by atoms with Gasteiger partial charge in [0.1, 0.15) is 6.04 Å². The zero-order chi connectivity index (χ0) is 15.1. The monoisotopic (exact) mass is 282 g/mol. The summed E-state index contributed by atoms with van der Waals surface area (Å²) in [6.45, 7) is 2.68. The first kappa shape index (κ1) is 16.1. The minimum absolute atomic E-state index is 0.442. The summed E-state index contributed by atoms with van der Waals surface area (Å²) < 4.78 is 15.9. The van der Waals surface area contributed by atoms with Gasteiger partial charge in [-0.3, -0.25) is 4.79 Å². The Bertz CT molecular complexity index is 463. The van der Waals surface area contributed by atoms with Crippen molar-refractivity contribution in [3.05, 3.63) is 17.7 Å². The molecule has 3 N–H and O–H groups in total. The van der Waals surface area contributed by atoms with Gasteiger partial charge in [-0.25, -0.2) is 0 Å². The van der Waals surface area contributed by atoms with Crippen LogP contribution in [0.15, 0.2) is 12.1 Å². The largest absolute Gasteiger partial charge is 0.493 e. The molecule has 6 nitrogen and oxygen atoms in total. The summed E-state index contributed by atoms with van der Waals surface area (Å²) in [6, 6.07) is 2.84. The highest BCUT2D eigenvalue weighted by Gasteiger charge is 2.25. The van der Waals surface area contributed by atoms with Gasteiger partial charge in [-0.2, -0.15) is 0 Å². The molecular weight excluding hydrogens is 260 g/mol. The van der Waals surface area contributed by atoms with Gasteiger partial charge in [0.2, 0.25) is 11.7 Å². The topological polar surface area (TPSA) is 82.8 Å². The van der Waals surface area contributed by atoms with Crippen LogP contribution in [0.2, 0.25) is 0 Å². The molecule has 0 aliphatic heterocycles. The molecule has 1 atom stereocenters. The number of rotatable bonds is 8. The fourth-order valence-electron chi connectivity index (χ4n) is 2.00. The molecule has 0 radical (unpaired) electrons. The minimum Gasteiger partial charge on any atom is -0.493 e.